The molecule has 5 aliphatic heterocycles. The molecular weight excluding hydrogens is 776 g/mol. The SMILES string of the molecule is OC[C@H]1O[C@H](OC[C@H]2O[C@H](OC[C@H]3O[C@@H](O)[C@@H](O)[C@@H](O[C@H]4O[C@H](CO)[C@@H](O)[C@H](O)[C@@H]4O)[C@@H]3O)[C@@H](O)[C@@H](O[C@H]3O[C@H](CO)[C@@H](O)[C@H](O)[C@@H]3O)[C@@H]2O)[C@@H](O)[C@@H](O)[C@@H]1O. The van der Waals surface area contributed by atoms with E-state index in [0.29, 0.717) is 0 Å². The molecule has 0 bridgehead atoms. The van der Waals surface area contributed by atoms with Gasteiger partial charge in [0.1, 0.15) is 122 Å². The van der Waals surface area contributed by atoms with Gasteiger partial charge in [0.05, 0.1) is 33.0 Å². The number of aliphatic hydroxyl groups is 17. The third-order valence-electron chi connectivity index (χ3n) is 10.3. The zero-order valence-electron chi connectivity index (χ0n) is 29.2. The van der Waals surface area contributed by atoms with Gasteiger partial charge in [0, 0.05) is 0 Å². The lowest BCUT2D eigenvalue weighted by atomic mass is 9.96. The van der Waals surface area contributed by atoms with E-state index in [1.807, 2.05) is 0 Å². The Hall–Kier alpha value is -1.04. The molecule has 26 heteroatoms. The van der Waals surface area contributed by atoms with Crippen LogP contribution in [0.1, 0.15) is 0 Å². The number of rotatable bonds is 13. The predicted octanol–water partition coefficient (Wildman–Crippen LogP) is -11.9. The van der Waals surface area contributed by atoms with Gasteiger partial charge in [0.15, 0.2) is 31.5 Å². The number of hydrogen-bond donors (Lipinski definition) is 17. The van der Waals surface area contributed by atoms with Crippen LogP contribution >= 0.6 is 0 Å². The Morgan fingerprint density at radius 3 is 1.04 bits per heavy atom. The average Bonchev–Trinajstić information content (AvgIpc) is 3.18. The summed E-state index contributed by atoms with van der Waals surface area (Å²) >= 11 is 0. The molecule has 0 aromatic rings. The molecule has 5 saturated heterocycles. The summed E-state index contributed by atoms with van der Waals surface area (Å²) in [6.45, 7) is -4.13. The number of hydrogen-bond acceptors (Lipinski definition) is 26. The Balaban J connectivity index is 1.32. The fourth-order valence-corrected chi connectivity index (χ4v) is 6.81. The summed E-state index contributed by atoms with van der Waals surface area (Å²) in [6, 6.07) is 0. The molecule has 5 aliphatic rings. The van der Waals surface area contributed by atoms with Crippen LogP contribution in [0, 0.1) is 0 Å². The molecule has 0 aliphatic carbocycles. The fourth-order valence-electron chi connectivity index (χ4n) is 6.81. The highest BCUT2D eigenvalue weighted by molar-refractivity contribution is 4.97. The van der Waals surface area contributed by atoms with Crippen LogP contribution in [0.3, 0.4) is 0 Å². The predicted molar refractivity (Wildman–Crippen MR) is 167 cm³/mol. The zero-order valence-corrected chi connectivity index (χ0v) is 29.2. The first-order valence-electron chi connectivity index (χ1n) is 17.6. The maximum absolute atomic E-state index is 11.3. The van der Waals surface area contributed by atoms with Crippen molar-refractivity contribution in [2.24, 2.45) is 0 Å². The van der Waals surface area contributed by atoms with Crippen LogP contribution < -0.4 is 0 Å². The van der Waals surface area contributed by atoms with E-state index >= 15 is 0 Å². The molecule has 17 N–H and O–H groups in total. The van der Waals surface area contributed by atoms with Crippen LogP contribution in [0.25, 0.3) is 0 Å². The Bertz CT molecular complexity index is 1200. The molecule has 328 valence electrons. The summed E-state index contributed by atoms with van der Waals surface area (Å²) < 4.78 is 49.0. The largest absolute Gasteiger partial charge is 0.394 e. The second kappa shape index (κ2) is 19.6. The van der Waals surface area contributed by atoms with Crippen molar-refractivity contribution in [3.05, 3.63) is 0 Å². The van der Waals surface area contributed by atoms with Crippen molar-refractivity contribution >= 4 is 0 Å². The molecule has 0 aromatic carbocycles. The number of ether oxygens (including phenoxy) is 9. The van der Waals surface area contributed by atoms with Crippen molar-refractivity contribution in [2.75, 3.05) is 33.0 Å². The molecule has 0 unspecified atom stereocenters. The summed E-state index contributed by atoms with van der Waals surface area (Å²) in [5.74, 6) is 0. The zero-order chi connectivity index (χ0) is 41.3. The maximum atomic E-state index is 11.3. The Kier molecular flexibility index (Phi) is 16.1. The van der Waals surface area contributed by atoms with E-state index in [1.54, 1.807) is 0 Å². The Labute approximate surface area is 316 Å². The van der Waals surface area contributed by atoms with Gasteiger partial charge in [-0.05, 0) is 0 Å². The molecule has 0 amide bonds. The van der Waals surface area contributed by atoms with E-state index in [9.17, 15) is 86.8 Å². The highest BCUT2D eigenvalue weighted by Crippen LogP contribution is 2.33. The molecule has 0 spiro atoms. The van der Waals surface area contributed by atoms with Crippen LogP contribution in [-0.4, -0.2) is 273 Å². The first kappa shape index (κ1) is 46.0. The van der Waals surface area contributed by atoms with E-state index in [0.717, 1.165) is 0 Å². The molecule has 5 heterocycles. The first-order chi connectivity index (χ1) is 26.4. The molecule has 0 aromatic heterocycles. The standard InChI is InChI=1S/C30H52O26/c31-1-6-11(34)16(39)19(42)27(51-6)48-5-10-15(38)25(56-30-21(44)18(41)13(36)8(3-33)53-30)23(46)28(54-10)49-4-9-14(37)24(22(45)26(47)50-9)55-29-20(43)17(40)12(35)7(2-32)52-29/h6-47H,1-5H2/t6-,7-,8-,9-,10-,11-,12-,13-,14-,15-,16+,17+,18+,19+,20+,21+,22+,23+,24+,25+,26-,27+,28+,29-,30-/m1/s1. The molecule has 5 rings (SSSR count). The van der Waals surface area contributed by atoms with Gasteiger partial charge in [-0.1, -0.05) is 0 Å². The van der Waals surface area contributed by atoms with Crippen molar-refractivity contribution in [3.63, 3.8) is 0 Å². The summed E-state index contributed by atoms with van der Waals surface area (Å²) in [5.41, 5.74) is 0. The van der Waals surface area contributed by atoms with Gasteiger partial charge >= 0.3 is 0 Å². The molecule has 5 fully saturated rings. The molecular formula is C30H52O26. The topological polar surface area (TPSA) is 427 Å². The van der Waals surface area contributed by atoms with E-state index in [4.69, 9.17) is 42.6 Å². The van der Waals surface area contributed by atoms with E-state index in [2.05, 4.69) is 0 Å². The Morgan fingerprint density at radius 1 is 0.304 bits per heavy atom. The molecule has 26 nitrogen and oxygen atoms in total. The average molecular weight is 829 g/mol. The van der Waals surface area contributed by atoms with Gasteiger partial charge in [0.25, 0.3) is 0 Å². The van der Waals surface area contributed by atoms with Gasteiger partial charge < -0.3 is 129 Å². The van der Waals surface area contributed by atoms with Crippen molar-refractivity contribution in [2.45, 2.75) is 154 Å². The third-order valence-corrected chi connectivity index (χ3v) is 10.3. The lowest BCUT2D eigenvalue weighted by Crippen LogP contribution is -2.66. The minimum Gasteiger partial charge on any atom is -0.394 e. The van der Waals surface area contributed by atoms with Gasteiger partial charge in [-0.2, -0.15) is 0 Å². The van der Waals surface area contributed by atoms with Gasteiger partial charge in [-0.25, -0.2) is 0 Å². The summed E-state index contributed by atoms with van der Waals surface area (Å²) in [5, 5.41) is 175. The highest BCUT2D eigenvalue weighted by Gasteiger charge is 2.54. The van der Waals surface area contributed by atoms with E-state index < -0.39 is 187 Å². The van der Waals surface area contributed by atoms with E-state index in [-0.39, 0.29) is 0 Å². The van der Waals surface area contributed by atoms with Crippen LogP contribution in [0.2, 0.25) is 0 Å². The van der Waals surface area contributed by atoms with E-state index in [1.165, 1.54) is 0 Å². The van der Waals surface area contributed by atoms with Crippen molar-refractivity contribution in [3.8, 4) is 0 Å². The van der Waals surface area contributed by atoms with Gasteiger partial charge in [0.2, 0.25) is 0 Å². The monoisotopic (exact) mass is 828 g/mol. The van der Waals surface area contributed by atoms with Crippen LogP contribution in [0.5, 0.6) is 0 Å². The minimum absolute atomic E-state index is 0.784. The van der Waals surface area contributed by atoms with Crippen molar-refractivity contribution < 1.29 is 129 Å². The second-order valence-electron chi connectivity index (χ2n) is 14.0. The van der Waals surface area contributed by atoms with Crippen LogP contribution in [-0.2, 0) is 42.6 Å². The normalized spacial score (nSPS) is 53.2. The van der Waals surface area contributed by atoms with Gasteiger partial charge in [-0.15, -0.1) is 0 Å². The van der Waals surface area contributed by atoms with Crippen LogP contribution in [0.15, 0.2) is 0 Å². The highest BCUT2D eigenvalue weighted by atomic mass is 16.8. The molecule has 56 heavy (non-hydrogen) atoms. The lowest BCUT2D eigenvalue weighted by molar-refractivity contribution is -0.375. The molecule has 0 radical (unpaired) electrons. The van der Waals surface area contributed by atoms with Crippen molar-refractivity contribution in [1.82, 2.24) is 0 Å². The quantitative estimate of drug-likeness (QED) is 0.0819. The number of aliphatic hydroxyl groups excluding tert-OH is 17. The molecule has 25 atom stereocenters. The lowest BCUT2D eigenvalue weighted by Gasteiger charge is -2.47. The minimum atomic E-state index is -2.11. The van der Waals surface area contributed by atoms with Gasteiger partial charge in [-0.3, -0.25) is 0 Å². The smallest absolute Gasteiger partial charge is 0.187 e. The molecule has 0 saturated carbocycles. The summed E-state index contributed by atoms with van der Waals surface area (Å²) in [4.78, 5) is 0. The summed E-state index contributed by atoms with van der Waals surface area (Å²) in [6.07, 6.45) is -45.9. The Morgan fingerprint density at radius 2 is 0.625 bits per heavy atom. The fraction of sp³-hybridized carbons (Fsp3) is 1.00. The third kappa shape index (κ3) is 9.46. The maximum Gasteiger partial charge on any atom is 0.187 e. The second-order valence-corrected chi connectivity index (χ2v) is 14.0. The first-order valence-corrected chi connectivity index (χ1v) is 17.6. The van der Waals surface area contributed by atoms with Crippen molar-refractivity contribution in [1.29, 1.82) is 0 Å². The van der Waals surface area contributed by atoms with Crippen LogP contribution in [0.4, 0.5) is 0 Å². The summed E-state index contributed by atoms with van der Waals surface area (Å²) in [7, 11) is 0.